The molecular formula is C19H14Cl2N2O5. The Kier molecular flexibility index (Phi) is 4.64. The summed E-state index contributed by atoms with van der Waals surface area (Å²) in [6.45, 7) is 1.54. The molecule has 0 fully saturated rings. The second kappa shape index (κ2) is 7.00. The van der Waals surface area contributed by atoms with Crippen LogP contribution in [0.3, 0.4) is 0 Å². The van der Waals surface area contributed by atoms with Crippen LogP contribution in [0.4, 0.5) is 0 Å². The highest BCUT2D eigenvalue weighted by Crippen LogP contribution is 2.34. The maximum absolute atomic E-state index is 12.5. The molecule has 0 radical (unpaired) electrons. The molecule has 9 heteroatoms. The Labute approximate surface area is 170 Å². The molecule has 4 rings (SSSR count). The van der Waals surface area contributed by atoms with E-state index in [-0.39, 0.29) is 34.0 Å². The van der Waals surface area contributed by atoms with Crippen LogP contribution >= 0.6 is 23.2 Å². The minimum atomic E-state index is -0.579. The molecule has 144 valence electrons. The third-order valence-corrected chi connectivity index (χ3v) is 5.31. The predicted octanol–water partition coefficient (Wildman–Crippen LogP) is 3.20. The molecule has 1 unspecified atom stereocenters. The third kappa shape index (κ3) is 3.16. The Morgan fingerprint density at radius 2 is 1.68 bits per heavy atom. The molecule has 2 aliphatic heterocycles. The number of benzene rings is 2. The van der Waals surface area contributed by atoms with Crippen molar-refractivity contribution in [3.05, 3.63) is 57.1 Å². The molecule has 0 saturated carbocycles. The largest absolute Gasteiger partial charge is 0.454 e. The Bertz CT molecular complexity index is 983. The van der Waals surface area contributed by atoms with Crippen LogP contribution in [0.15, 0.2) is 30.3 Å². The van der Waals surface area contributed by atoms with Crippen LogP contribution in [0.25, 0.3) is 0 Å². The third-order valence-electron chi connectivity index (χ3n) is 4.59. The SMILES string of the molecule is CC(NC(=O)CN1C(=O)c2cc(Cl)c(Cl)cc2C1=O)c1ccc2c(c1)OCO2. The van der Waals surface area contributed by atoms with E-state index < -0.39 is 24.3 Å². The smallest absolute Gasteiger partial charge is 0.262 e. The zero-order valence-electron chi connectivity index (χ0n) is 14.6. The summed E-state index contributed by atoms with van der Waals surface area (Å²) in [6, 6.07) is 7.67. The lowest BCUT2D eigenvalue weighted by Crippen LogP contribution is -2.41. The molecule has 0 spiro atoms. The first-order valence-electron chi connectivity index (χ1n) is 8.39. The topological polar surface area (TPSA) is 84.9 Å². The second-order valence-corrected chi connectivity index (χ2v) is 7.22. The summed E-state index contributed by atoms with van der Waals surface area (Å²) >= 11 is 11.8. The molecule has 0 saturated heterocycles. The number of imide groups is 1. The Hall–Kier alpha value is -2.77. The fourth-order valence-corrected chi connectivity index (χ4v) is 3.45. The van der Waals surface area contributed by atoms with Crippen LogP contribution < -0.4 is 14.8 Å². The van der Waals surface area contributed by atoms with Gasteiger partial charge in [0.1, 0.15) is 6.54 Å². The second-order valence-electron chi connectivity index (χ2n) is 6.41. The fourth-order valence-electron chi connectivity index (χ4n) is 3.12. The van der Waals surface area contributed by atoms with Crippen molar-refractivity contribution in [2.45, 2.75) is 13.0 Å². The number of nitrogens with one attached hydrogen (secondary N) is 1. The van der Waals surface area contributed by atoms with Gasteiger partial charge in [-0.2, -0.15) is 0 Å². The van der Waals surface area contributed by atoms with Gasteiger partial charge in [-0.05, 0) is 36.8 Å². The Morgan fingerprint density at radius 1 is 1.07 bits per heavy atom. The summed E-state index contributed by atoms with van der Waals surface area (Å²) in [4.78, 5) is 38.3. The summed E-state index contributed by atoms with van der Waals surface area (Å²) in [7, 11) is 0. The number of amides is 3. The number of rotatable bonds is 4. The van der Waals surface area contributed by atoms with Crippen LogP contribution in [-0.4, -0.2) is 36.0 Å². The van der Waals surface area contributed by atoms with E-state index in [4.69, 9.17) is 32.7 Å². The average Bonchev–Trinajstić information content (AvgIpc) is 3.21. The van der Waals surface area contributed by atoms with E-state index in [9.17, 15) is 14.4 Å². The van der Waals surface area contributed by atoms with E-state index in [1.807, 2.05) is 6.07 Å². The standard InChI is InChI=1S/C19H14Cl2N2O5/c1-9(10-2-3-15-16(4-10)28-8-27-15)22-17(24)7-23-18(25)11-5-13(20)14(21)6-12(11)19(23)26/h2-6,9H,7-8H2,1H3,(H,22,24). The van der Waals surface area contributed by atoms with Gasteiger partial charge < -0.3 is 14.8 Å². The molecule has 1 atom stereocenters. The highest BCUT2D eigenvalue weighted by molar-refractivity contribution is 6.43. The van der Waals surface area contributed by atoms with Gasteiger partial charge in [0.15, 0.2) is 11.5 Å². The van der Waals surface area contributed by atoms with E-state index in [0.717, 1.165) is 10.5 Å². The van der Waals surface area contributed by atoms with Gasteiger partial charge in [0.2, 0.25) is 12.7 Å². The molecule has 2 aromatic rings. The number of fused-ring (bicyclic) bond motifs is 2. The molecular weight excluding hydrogens is 407 g/mol. The number of ether oxygens (including phenoxy) is 2. The summed E-state index contributed by atoms with van der Waals surface area (Å²) in [5.74, 6) is -0.385. The number of nitrogens with zero attached hydrogens (tertiary/aromatic N) is 1. The monoisotopic (exact) mass is 420 g/mol. The fraction of sp³-hybridized carbons (Fsp3) is 0.211. The minimum absolute atomic E-state index is 0.135. The van der Waals surface area contributed by atoms with Gasteiger partial charge in [-0.15, -0.1) is 0 Å². The van der Waals surface area contributed by atoms with E-state index in [1.54, 1.807) is 19.1 Å². The molecule has 2 heterocycles. The van der Waals surface area contributed by atoms with Crippen LogP contribution in [0.2, 0.25) is 10.0 Å². The summed E-state index contributed by atoms with van der Waals surface area (Å²) in [6.07, 6.45) is 0. The van der Waals surface area contributed by atoms with Crippen LogP contribution in [0, 0.1) is 0 Å². The first-order valence-corrected chi connectivity index (χ1v) is 9.15. The highest BCUT2D eigenvalue weighted by atomic mass is 35.5. The first kappa shape index (κ1) is 18.6. The molecule has 3 amide bonds. The van der Waals surface area contributed by atoms with Crippen molar-refractivity contribution >= 4 is 40.9 Å². The quantitative estimate of drug-likeness (QED) is 0.767. The zero-order valence-corrected chi connectivity index (χ0v) is 16.1. The Balaban J connectivity index is 1.45. The molecule has 2 aliphatic rings. The van der Waals surface area contributed by atoms with Crippen molar-refractivity contribution < 1.29 is 23.9 Å². The van der Waals surface area contributed by atoms with Crippen LogP contribution in [0.1, 0.15) is 39.2 Å². The van der Waals surface area contributed by atoms with E-state index in [1.165, 1.54) is 12.1 Å². The lowest BCUT2D eigenvalue weighted by Gasteiger charge is -2.18. The van der Waals surface area contributed by atoms with Crippen molar-refractivity contribution in [1.29, 1.82) is 0 Å². The lowest BCUT2D eigenvalue weighted by molar-refractivity contribution is -0.122. The van der Waals surface area contributed by atoms with E-state index >= 15 is 0 Å². The van der Waals surface area contributed by atoms with Gasteiger partial charge in [0.25, 0.3) is 11.8 Å². The molecule has 28 heavy (non-hydrogen) atoms. The van der Waals surface area contributed by atoms with E-state index in [0.29, 0.717) is 11.5 Å². The normalized spacial score (nSPS) is 15.6. The van der Waals surface area contributed by atoms with Crippen molar-refractivity contribution in [2.24, 2.45) is 0 Å². The maximum Gasteiger partial charge on any atom is 0.262 e. The molecule has 1 N–H and O–H groups in total. The van der Waals surface area contributed by atoms with Gasteiger partial charge in [-0.3, -0.25) is 19.3 Å². The zero-order chi connectivity index (χ0) is 20.0. The summed E-state index contributed by atoms with van der Waals surface area (Å²) in [5.41, 5.74) is 1.07. The number of hydrogen-bond acceptors (Lipinski definition) is 5. The number of carbonyl (C=O) groups excluding carboxylic acids is 3. The average molecular weight is 421 g/mol. The van der Waals surface area contributed by atoms with Crippen molar-refractivity contribution in [3.63, 3.8) is 0 Å². The van der Waals surface area contributed by atoms with Gasteiger partial charge in [0, 0.05) is 0 Å². The number of halogens is 2. The van der Waals surface area contributed by atoms with E-state index in [2.05, 4.69) is 5.32 Å². The number of carbonyl (C=O) groups is 3. The van der Waals surface area contributed by atoms with Crippen molar-refractivity contribution in [1.82, 2.24) is 10.2 Å². The molecule has 0 aromatic heterocycles. The first-order chi connectivity index (χ1) is 13.3. The summed E-state index contributed by atoms with van der Waals surface area (Å²) in [5, 5.41) is 3.11. The molecule has 2 aromatic carbocycles. The van der Waals surface area contributed by atoms with Crippen LogP contribution in [-0.2, 0) is 4.79 Å². The molecule has 0 bridgehead atoms. The lowest BCUT2D eigenvalue weighted by atomic mass is 10.1. The van der Waals surface area contributed by atoms with Gasteiger partial charge >= 0.3 is 0 Å². The van der Waals surface area contributed by atoms with Crippen molar-refractivity contribution in [2.75, 3.05) is 13.3 Å². The minimum Gasteiger partial charge on any atom is -0.454 e. The predicted molar refractivity (Wildman–Crippen MR) is 101 cm³/mol. The van der Waals surface area contributed by atoms with Gasteiger partial charge in [-0.1, -0.05) is 29.3 Å². The Morgan fingerprint density at radius 3 is 2.32 bits per heavy atom. The molecule has 7 nitrogen and oxygen atoms in total. The summed E-state index contributed by atoms with van der Waals surface area (Å²) < 4.78 is 10.6. The maximum atomic E-state index is 12.5. The van der Waals surface area contributed by atoms with Crippen LogP contribution in [0.5, 0.6) is 11.5 Å². The highest BCUT2D eigenvalue weighted by Gasteiger charge is 2.37. The van der Waals surface area contributed by atoms with Gasteiger partial charge in [-0.25, -0.2) is 0 Å². The molecule has 0 aliphatic carbocycles. The number of hydrogen-bond donors (Lipinski definition) is 1. The van der Waals surface area contributed by atoms with Gasteiger partial charge in [0.05, 0.1) is 27.2 Å². The van der Waals surface area contributed by atoms with Crippen molar-refractivity contribution in [3.8, 4) is 11.5 Å².